The van der Waals surface area contributed by atoms with E-state index in [2.05, 4.69) is 66.6 Å². The topological polar surface area (TPSA) is 20.1 Å². The third-order valence-electron chi connectivity index (χ3n) is 4.82. The van der Waals surface area contributed by atoms with Gasteiger partial charge in [-0.15, -0.1) is 5.54 Å². The fraction of sp³-hybridized carbons (Fsp3) is 0.789. The molecule has 0 aromatic heterocycles. The Morgan fingerprint density at radius 1 is 1.00 bits per heavy atom. The van der Waals surface area contributed by atoms with Crippen LogP contribution in [0.1, 0.15) is 74.1 Å². The Balaban J connectivity index is 4.99. The molecule has 0 saturated carbocycles. The standard InChI is InChI=1S/C19H36NOSi/c1-9-10-11-12-14-20(8)19(21)13-15-22(16(2)3,17(4)5)18(6)7/h16-18H,8-12,14H2,1-7H3/q+1. The number of amides is 1. The van der Waals surface area contributed by atoms with Crippen molar-refractivity contribution in [1.82, 2.24) is 0 Å². The summed E-state index contributed by atoms with van der Waals surface area (Å²) in [6.45, 7) is 20.3. The van der Waals surface area contributed by atoms with Crippen LogP contribution in [0.3, 0.4) is 0 Å². The first kappa shape index (κ1) is 21.1. The molecule has 0 atom stereocenters. The summed E-state index contributed by atoms with van der Waals surface area (Å²) >= 11 is 0. The van der Waals surface area contributed by atoms with Gasteiger partial charge in [-0.05, 0) is 23.0 Å². The molecule has 0 aliphatic carbocycles. The lowest BCUT2D eigenvalue weighted by Gasteiger charge is -2.37. The van der Waals surface area contributed by atoms with Gasteiger partial charge < -0.3 is 0 Å². The van der Waals surface area contributed by atoms with Gasteiger partial charge >= 0.3 is 5.91 Å². The minimum atomic E-state index is -1.82. The molecule has 2 nitrogen and oxygen atoms in total. The van der Waals surface area contributed by atoms with Gasteiger partial charge in [0.1, 0.15) is 14.8 Å². The van der Waals surface area contributed by atoms with Gasteiger partial charge in [0.05, 0.1) is 0 Å². The lowest BCUT2D eigenvalue weighted by atomic mass is 10.2. The van der Waals surface area contributed by atoms with Crippen molar-refractivity contribution in [2.75, 3.05) is 6.54 Å². The quantitative estimate of drug-likeness (QED) is 0.202. The Bertz CT molecular complexity index is 405. The largest absolute Gasteiger partial charge is 0.464 e. The van der Waals surface area contributed by atoms with Crippen molar-refractivity contribution in [3.63, 3.8) is 0 Å². The summed E-state index contributed by atoms with van der Waals surface area (Å²) in [4.78, 5) is 12.2. The predicted molar refractivity (Wildman–Crippen MR) is 100 cm³/mol. The van der Waals surface area contributed by atoms with Crippen LogP contribution in [0.25, 0.3) is 0 Å². The zero-order valence-electron chi connectivity index (χ0n) is 15.8. The van der Waals surface area contributed by atoms with Crippen LogP contribution in [0.4, 0.5) is 0 Å². The Morgan fingerprint density at radius 3 is 1.91 bits per heavy atom. The molecule has 0 bridgehead atoms. The van der Waals surface area contributed by atoms with E-state index >= 15 is 0 Å². The molecule has 0 radical (unpaired) electrons. The van der Waals surface area contributed by atoms with Crippen LogP contribution < -0.4 is 0 Å². The van der Waals surface area contributed by atoms with Crippen LogP contribution in [-0.2, 0) is 4.79 Å². The first-order chi connectivity index (χ1) is 10.2. The Kier molecular flexibility index (Phi) is 9.60. The molecule has 0 fully saturated rings. The van der Waals surface area contributed by atoms with E-state index in [1.165, 1.54) is 12.8 Å². The summed E-state index contributed by atoms with van der Waals surface area (Å²) in [6.07, 6.45) is 4.60. The van der Waals surface area contributed by atoms with Crippen molar-refractivity contribution in [2.45, 2.75) is 90.8 Å². The van der Waals surface area contributed by atoms with Crippen LogP contribution >= 0.6 is 0 Å². The monoisotopic (exact) mass is 322 g/mol. The molecule has 0 unspecified atom stereocenters. The summed E-state index contributed by atoms with van der Waals surface area (Å²) in [5.74, 6) is 2.83. The number of hydrogen-bond acceptors (Lipinski definition) is 1. The maximum atomic E-state index is 12.2. The molecular formula is C19H36NOSi+. The van der Waals surface area contributed by atoms with E-state index in [-0.39, 0.29) is 5.91 Å². The molecule has 0 saturated heterocycles. The van der Waals surface area contributed by atoms with E-state index in [1.807, 2.05) is 0 Å². The molecule has 1 amide bonds. The van der Waals surface area contributed by atoms with E-state index < -0.39 is 8.07 Å². The minimum absolute atomic E-state index is 0.115. The maximum Gasteiger partial charge on any atom is 0.464 e. The maximum absolute atomic E-state index is 12.2. The average molecular weight is 323 g/mol. The van der Waals surface area contributed by atoms with Gasteiger partial charge in [-0.25, -0.2) is 4.79 Å². The highest BCUT2D eigenvalue weighted by molar-refractivity contribution is 6.90. The van der Waals surface area contributed by atoms with Gasteiger partial charge in [-0.3, -0.25) is 0 Å². The summed E-state index contributed by atoms with van der Waals surface area (Å²) < 4.78 is 1.54. The number of carbonyl (C=O) groups is 1. The fourth-order valence-corrected chi connectivity index (χ4v) is 8.69. The van der Waals surface area contributed by atoms with Crippen molar-refractivity contribution in [1.29, 1.82) is 0 Å². The first-order valence-electron chi connectivity index (χ1n) is 8.85. The molecule has 0 spiro atoms. The highest BCUT2D eigenvalue weighted by Gasteiger charge is 2.42. The molecular weight excluding hydrogens is 286 g/mol. The molecule has 0 aliphatic rings. The average Bonchev–Trinajstić information content (AvgIpc) is 2.42. The van der Waals surface area contributed by atoms with Gasteiger partial charge in [0.2, 0.25) is 0 Å². The highest BCUT2D eigenvalue weighted by Crippen LogP contribution is 2.40. The van der Waals surface area contributed by atoms with Crippen molar-refractivity contribution in [2.24, 2.45) is 0 Å². The molecule has 3 heteroatoms. The molecule has 0 aromatic carbocycles. The summed E-state index contributed by atoms with van der Waals surface area (Å²) in [6, 6.07) is 0. The molecule has 0 heterocycles. The second kappa shape index (κ2) is 10.00. The van der Waals surface area contributed by atoms with E-state index in [1.54, 1.807) is 4.58 Å². The van der Waals surface area contributed by atoms with Gasteiger partial charge in [0.15, 0.2) is 6.54 Å². The molecule has 0 aromatic rings. The Labute approximate surface area is 139 Å². The van der Waals surface area contributed by atoms with Crippen LogP contribution in [-0.4, -0.2) is 31.8 Å². The Hall–Kier alpha value is -0.883. The van der Waals surface area contributed by atoms with E-state index in [0.717, 1.165) is 12.8 Å². The third kappa shape index (κ3) is 5.72. The molecule has 0 rings (SSSR count). The SMILES string of the molecule is C=[N+](CCCCCC)C(=O)C#C[Si](C(C)C)(C(C)C)C(C)C. The molecule has 126 valence electrons. The molecule has 0 N–H and O–H groups in total. The van der Waals surface area contributed by atoms with Crippen LogP contribution in [0, 0.1) is 11.5 Å². The second-order valence-corrected chi connectivity index (χ2v) is 12.9. The summed E-state index contributed by atoms with van der Waals surface area (Å²) in [5.41, 5.74) is 5.13. The highest BCUT2D eigenvalue weighted by atomic mass is 28.3. The Morgan fingerprint density at radius 2 is 1.50 bits per heavy atom. The number of nitrogens with zero attached hydrogens (tertiary/aromatic N) is 1. The van der Waals surface area contributed by atoms with Crippen molar-refractivity contribution in [3.8, 4) is 11.5 Å². The van der Waals surface area contributed by atoms with Gasteiger partial charge in [0.25, 0.3) is 0 Å². The second-order valence-electron chi connectivity index (χ2n) is 7.28. The van der Waals surface area contributed by atoms with Crippen LogP contribution in [0.5, 0.6) is 0 Å². The van der Waals surface area contributed by atoms with Crippen LogP contribution in [0.2, 0.25) is 16.6 Å². The first-order valence-corrected chi connectivity index (χ1v) is 11.1. The van der Waals surface area contributed by atoms with Crippen LogP contribution in [0.15, 0.2) is 0 Å². The smallest absolute Gasteiger partial charge is 0.205 e. The number of hydrogen-bond donors (Lipinski definition) is 0. The summed E-state index contributed by atoms with van der Waals surface area (Å²) in [7, 11) is -1.82. The van der Waals surface area contributed by atoms with Crippen molar-refractivity contribution in [3.05, 3.63) is 0 Å². The minimum Gasteiger partial charge on any atom is -0.205 e. The number of unbranched alkanes of at least 4 members (excludes halogenated alkanes) is 3. The predicted octanol–water partition coefficient (Wildman–Crippen LogP) is 5.03. The van der Waals surface area contributed by atoms with Gasteiger partial charge in [-0.2, -0.15) is 4.58 Å². The normalized spacial score (nSPS) is 11.7. The van der Waals surface area contributed by atoms with Crippen molar-refractivity contribution >= 4 is 20.7 Å². The molecule has 0 aliphatic heterocycles. The fourth-order valence-electron chi connectivity index (χ4n) is 3.50. The van der Waals surface area contributed by atoms with E-state index in [0.29, 0.717) is 23.2 Å². The zero-order valence-corrected chi connectivity index (χ0v) is 16.8. The number of rotatable bonds is 8. The number of carbonyl (C=O) groups excluding carboxylic acids is 1. The lowest BCUT2D eigenvalue weighted by Crippen LogP contribution is -2.43. The lowest BCUT2D eigenvalue weighted by molar-refractivity contribution is -0.435. The van der Waals surface area contributed by atoms with Crippen molar-refractivity contribution < 1.29 is 9.37 Å². The third-order valence-corrected chi connectivity index (χ3v) is 11.1. The van der Waals surface area contributed by atoms with E-state index in [4.69, 9.17) is 0 Å². The summed E-state index contributed by atoms with van der Waals surface area (Å²) in [5, 5.41) is 0. The zero-order chi connectivity index (χ0) is 17.3. The van der Waals surface area contributed by atoms with Gasteiger partial charge in [-0.1, -0.05) is 61.3 Å². The van der Waals surface area contributed by atoms with Gasteiger partial charge in [0, 0.05) is 12.3 Å². The molecule has 22 heavy (non-hydrogen) atoms. The van der Waals surface area contributed by atoms with E-state index in [9.17, 15) is 4.79 Å².